The molecule has 2 nitrogen and oxygen atoms in total. The average molecular weight is 250 g/mol. The number of halogens is 1. The molecule has 0 amide bonds. The Morgan fingerprint density at radius 3 is 2.71 bits per heavy atom. The van der Waals surface area contributed by atoms with Crippen LogP contribution >= 0.6 is 11.3 Å². The quantitative estimate of drug-likeness (QED) is 0.888. The van der Waals surface area contributed by atoms with E-state index in [1.807, 2.05) is 32.2 Å². The van der Waals surface area contributed by atoms with Gasteiger partial charge in [0.2, 0.25) is 0 Å². The van der Waals surface area contributed by atoms with Gasteiger partial charge >= 0.3 is 0 Å². The maximum Gasteiger partial charge on any atom is 0.146 e. The summed E-state index contributed by atoms with van der Waals surface area (Å²) in [5.41, 5.74) is 2.39. The van der Waals surface area contributed by atoms with Crippen molar-refractivity contribution < 1.29 is 4.39 Å². The van der Waals surface area contributed by atoms with Gasteiger partial charge in [0.25, 0.3) is 0 Å². The molecule has 0 saturated carbocycles. The molecular formula is C13H15FN2S. The van der Waals surface area contributed by atoms with Crippen LogP contribution in [-0.4, -0.2) is 4.98 Å². The Balaban J connectivity index is 2.15. The van der Waals surface area contributed by atoms with E-state index in [0.717, 1.165) is 16.3 Å². The number of thiazole rings is 1. The summed E-state index contributed by atoms with van der Waals surface area (Å²) in [6.07, 6.45) is 0. The largest absolute Gasteiger partial charge is 0.375 e. The van der Waals surface area contributed by atoms with Crippen LogP contribution in [0.15, 0.2) is 23.6 Å². The lowest BCUT2D eigenvalue weighted by molar-refractivity contribution is 0.626. The van der Waals surface area contributed by atoms with Gasteiger partial charge in [-0.15, -0.1) is 11.3 Å². The maximum atomic E-state index is 13.7. The molecule has 0 radical (unpaired) electrons. The Hall–Kier alpha value is -1.42. The smallest absolute Gasteiger partial charge is 0.146 e. The first-order chi connectivity index (χ1) is 8.06. The van der Waals surface area contributed by atoms with Crippen LogP contribution in [0.2, 0.25) is 0 Å². The van der Waals surface area contributed by atoms with E-state index < -0.39 is 0 Å². The van der Waals surface area contributed by atoms with Crippen LogP contribution in [0.25, 0.3) is 0 Å². The van der Waals surface area contributed by atoms with Crippen LogP contribution in [0.3, 0.4) is 0 Å². The standard InChI is InChI=1S/C13H15FN2S/c1-8-4-5-12(11(14)6-8)15-9(2)13-7-17-10(3)16-13/h4-7,9,15H,1-3H3. The fourth-order valence-electron chi connectivity index (χ4n) is 1.62. The fourth-order valence-corrected chi connectivity index (χ4v) is 2.33. The van der Waals surface area contributed by atoms with Gasteiger partial charge in [0.15, 0.2) is 0 Å². The van der Waals surface area contributed by atoms with E-state index in [1.54, 1.807) is 17.4 Å². The number of hydrogen-bond donors (Lipinski definition) is 1. The summed E-state index contributed by atoms with van der Waals surface area (Å²) < 4.78 is 13.7. The topological polar surface area (TPSA) is 24.9 Å². The third-order valence-corrected chi connectivity index (χ3v) is 3.37. The molecule has 90 valence electrons. The summed E-state index contributed by atoms with van der Waals surface area (Å²) in [5, 5.41) is 6.16. The minimum atomic E-state index is -0.219. The molecule has 1 unspecified atom stereocenters. The number of anilines is 1. The highest BCUT2D eigenvalue weighted by Gasteiger charge is 2.10. The Bertz CT molecular complexity index is 522. The molecule has 0 fully saturated rings. The number of benzene rings is 1. The molecular weight excluding hydrogens is 235 g/mol. The van der Waals surface area contributed by atoms with Gasteiger partial charge in [0.1, 0.15) is 5.82 Å². The molecule has 0 aliphatic carbocycles. The molecule has 1 aromatic carbocycles. The predicted octanol–water partition coefficient (Wildman–Crippen LogP) is 4.07. The molecule has 0 spiro atoms. The van der Waals surface area contributed by atoms with Gasteiger partial charge in [0.05, 0.1) is 22.4 Å². The van der Waals surface area contributed by atoms with E-state index in [1.165, 1.54) is 6.07 Å². The average Bonchev–Trinajstić information content (AvgIpc) is 2.69. The van der Waals surface area contributed by atoms with Crippen LogP contribution in [-0.2, 0) is 0 Å². The minimum Gasteiger partial charge on any atom is -0.375 e. The van der Waals surface area contributed by atoms with Gasteiger partial charge in [-0.25, -0.2) is 9.37 Å². The van der Waals surface area contributed by atoms with Crippen molar-refractivity contribution in [3.63, 3.8) is 0 Å². The zero-order chi connectivity index (χ0) is 12.4. The summed E-state index contributed by atoms with van der Waals surface area (Å²) in [6.45, 7) is 5.82. The van der Waals surface area contributed by atoms with Crippen LogP contribution in [0, 0.1) is 19.7 Å². The molecule has 2 rings (SSSR count). The third kappa shape index (κ3) is 2.82. The Kier molecular flexibility index (Phi) is 3.43. The highest BCUT2D eigenvalue weighted by atomic mass is 32.1. The van der Waals surface area contributed by atoms with Gasteiger partial charge in [-0.05, 0) is 38.5 Å². The van der Waals surface area contributed by atoms with E-state index in [-0.39, 0.29) is 11.9 Å². The summed E-state index contributed by atoms with van der Waals surface area (Å²) >= 11 is 1.61. The van der Waals surface area contributed by atoms with Crippen molar-refractivity contribution in [3.8, 4) is 0 Å². The zero-order valence-electron chi connectivity index (χ0n) is 10.1. The minimum absolute atomic E-state index is 0.0113. The number of nitrogens with zero attached hydrogens (tertiary/aromatic N) is 1. The number of hydrogen-bond acceptors (Lipinski definition) is 3. The van der Waals surface area contributed by atoms with E-state index in [9.17, 15) is 4.39 Å². The van der Waals surface area contributed by atoms with Crippen molar-refractivity contribution in [1.29, 1.82) is 0 Å². The van der Waals surface area contributed by atoms with Crippen molar-refractivity contribution in [3.05, 3.63) is 45.7 Å². The predicted molar refractivity (Wildman–Crippen MR) is 70.0 cm³/mol. The second-order valence-electron chi connectivity index (χ2n) is 4.14. The highest BCUT2D eigenvalue weighted by Crippen LogP contribution is 2.23. The number of aryl methyl sites for hydroxylation is 2. The van der Waals surface area contributed by atoms with Crippen molar-refractivity contribution in [2.75, 3.05) is 5.32 Å². The first-order valence-electron chi connectivity index (χ1n) is 5.51. The van der Waals surface area contributed by atoms with Crippen molar-refractivity contribution in [2.45, 2.75) is 26.8 Å². The number of nitrogens with one attached hydrogen (secondary N) is 1. The van der Waals surface area contributed by atoms with Crippen LogP contribution in [0.4, 0.5) is 10.1 Å². The molecule has 0 saturated heterocycles. The van der Waals surface area contributed by atoms with Gasteiger partial charge < -0.3 is 5.32 Å². The van der Waals surface area contributed by atoms with Crippen molar-refractivity contribution in [2.24, 2.45) is 0 Å². The lowest BCUT2D eigenvalue weighted by Crippen LogP contribution is -2.08. The zero-order valence-corrected chi connectivity index (χ0v) is 10.9. The molecule has 1 N–H and O–H groups in total. The van der Waals surface area contributed by atoms with Gasteiger partial charge in [-0.3, -0.25) is 0 Å². The monoisotopic (exact) mass is 250 g/mol. The summed E-state index contributed by atoms with van der Waals surface area (Å²) in [7, 11) is 0. The third-order valence-electron chi connectivity index (χ3n) is 2.58. The van der Waals surface area contributed by atoms with E-state index >= 15 is 0 Å². The van der Waals surface area contributed by atoms with Gasteiger partial charge in [-0.1, -0.05) is 6.07 Å². The van der Waals surface area contributed by atoms with E-state index in [4.69, 9.17) is 0 Å². The second-order valence-corrected chi connectivity index (χ2v) is 5.20. The first kappa shape index (κ1) is 12.0. The number of aromatic nitrogens is 1. The number of rotatable bonds is 3. The molecule has 1 atom stereocenters. The van der Waals surface area contributed by atoms with Gasteiger partial charge in [0, 0.05) is 5.38 Å². The molecule has 1 aromatic heterocycles. The fraction of sp³-hybridized carbons (Fsp3) is 0.308. The highest BCUT2D eigenvalue weighted by molar-refractivity contribution is 7.09. The maximum absolute atomic E-state index is 13.7. The molecule has 2 aromatic rings. The Morgan fingerprint density at radius 2 is 2.12 bits per heavy atom. The Labute approximate surface area is 105 Å². The summed E-state index contributed by atoms with van der Waals surface area (Å²) in [4.78, 5) is 4.39. The van der Waals surface area contributed by atoms with Crippen LogP contribution in [0.5, 0.6) is 0 Å². The second kappa shape index (κ2) is 4.84. The van der Waals surface area contributed by atoms with Crippen LogP contribution in [0.1, 0.15) is 29.2 Å². The molecule has 0 aliphatic rings. The molecule has 0 aliphatic heterocycles. The van der Waals surface area contributed by atoms with Crippen molar-refractivity contribution in [1.82, 2.24) is 4.98 Å². The van der Waals surface area contributed by atoms with E-state index in [2.05, 4.69) is 10.3 Å². The normalized spacial score (nSPS) is 12.5. The Morgan fingerprint density at radius 1 is 1.35 bits per heavy atom. The lowest BCUT2D eigenvalue weighted by atomic mass is 10.2. The SMILES string of the molecule is Cc1ccc(NC(C)c2csc(C)n2)c(F)c1. The summed E-state index contributed by atoms with van der Waals surface area (Å²) in [5.74, 6) is -0.219. The summed E-state index contributed by atoms with van der Waals surface area (Å²) in [6, 6.07) is 5.20. The lowest BCUT2D eigenvalue weighted by Gasteiger charge is -2.14. The van der Waals surface area contributed by atoms with E-state index in [0.29, 0.717) is 5.69 Å². The molecule has 0 bridgehead atoms. The molecule has 1 heterocycles. The van der Waals surface area contributed by atoms with Crippen LogP contribution < -0.4 is 5.32 Å². The first-order valence-corrected chi connectivity index (χ1v) is 6.39. The van der Waals surface area contributed by atoms with Crippen molar-refractivity contribution >= 4 is 17.0 Å². The van der Waals surface area contributed by atoms with Gasteiger partial charge in [-0.2, -0.15) is 0 Å². The molecule has 4 heteroatoms. The molecule has 17 heavy (non-hydrogen) atoms.